The summed E-state index contributed by atoms with van der Waals surface area (Å²) >= 11 is 0. The largest absolute Gasteiger partial charge is 0.493 e. The van der Waals surface area contributed by atoms with Gasteiger partial charge in [0.25, 0.3) is 0 Å². The normalized spacial score (nSPS) is 11.0. The molecule has 0 unspecified atom stereocenters. The van der Waals surface area contributed by atoms with E-state index in [-0.39, 0.29) is 24.0 Å². The molecule has 2 aromatic rings. The molecule has 0 aliphatic heterocycles. The fourth-order valence-electron chi connectivity index (χ4n) is 2.90. The van der Waals surface area contributed by atoms with Crippen LogP contribution in [0.3, 0.4) is 0 Å². The zero-order valence-electron chi connectivity index (χ0n) is 16.4. The first-order valence-electron chi connectivity index (χ1n) is 9.00. The zero-order valence-corrected chi connectivity index (χ0v) is 16.4. The maximum atomic E-state index is 12.4. The minimum absolute atomic E-state index is 0.0159. The summed E-state index contributed by atoms with van der Waals surface area (Å²) in [4.78, 5) is 14.0. The number of carbonyl (C=O) groups excluding carboxylic acids is 1. The van der Waals surface area contributed by atoms with Crippen LogP contribution >= 0.6 is 0 Å². The molecule has 0 aliphatic carbocycles. The number of methoxy groups -OCH3 is 1. The van der Waals surface area contributed by atoms with Crippen LogP contribution in [0.4, 0.5) is 8.78 Å². The van der Waals surface area contributed by atoms with Crippen molar-refractivity contribution in [1.29, 1.82) is 0 Å². The quantitative estimate of drug-likeness (QED) is 0.673. The molecule has 0 radical (unpaired) electrons. The molecule has 152 valence electrons. The van der Waals surface area contributed by atoms with Crippen LogP contribution in [-0.2, 0) is 17.8 Å². The van der Waals surface area contributed by atoms with Crippen LogP contribution in [0.5, 0.6) is 11.5 Å². The summed E-state index contributed by atoms with van der Waals surface area (Å²) < 4.78 is 34.3. The highest BCUT2D eigenvalue weighted by Gasteiger charge is 2.13. The van der Waals surface area contributed by atoms with Crippen molar-refractivity contribution in [1.82, 2.24) is 10.2 Å². The lowest BCUT2D eigenvalue weighted by Crippen LogP contribution is -2.35. The Morgan fingerprint density at radius 3 is 2.61 bits per heavy atom. The number of alkyl halides is 2. The smallest absolute Gasteiger partial charge is 0.387 e. The highest BCUT2D eigenvalue weighted by molar-refractivity contribution is 5.78. The van der Waals surface area contributed by atoms with E-state index in [9.17, 15) is 13.6 Å². The number of carbonyl (C=O) groups is 1. The molecule has 5 nitrogen and oxygen atoms in total. The number of nitrogens with zero attached hydrogens (tertiary/aromatic N) is 1. The Hall–Kier alpha value is -2.67. The van der Waals surface area contributed by atoms with Crippen molar-refractivity contribution in [2.45, 2.75) is 26.5 Å². The molecule has 0 aliphatic rings. The van der Waals surface area contributed by atoms with E-state index in [0.29, 0.717) is 13.1 Å². The Labute approximate surface area is 164 Å². The third-order valence-electron chi connectivity index (χ3n) is 4.29. The molecule has 0 bridgehead atoms. The zero-order chi connectivity index (χ0) is 20.5. The van der Waals surface area contributed by atoms with Crippen molar-refractivity contribution in [2.75, 3.05) is 27.2 Å². The first-order chi connectivity index (χ1) is 13.4. The molecule has 28 heavy (non-hydrogen) atoms. The number of aryl methyl sites for hydroxylation is 1. The molecule has 1 amide bonds. The standard InChI is InChI=1S/C21H26F2N2O3/c1-15-6-4-5-7-17(15)10-11-24-20(26)14-25(2)13-16-8-9-18(28-21(22)23)19(12-16)27-3/h4-9,12,21H,10-11,13-14H2,1-3H3,(H,24,26). The van der Waals surface area contributed by atoms with E-state index in [1.54, 1.807) is 12.1 Å². The maximum Gasteiger partial charge on any atom is 0.387 e. The molecule has 7 heteroatoms. The van der Waals surface area contributed by atoms with Gasteiger partial charge in [0.2, 0.25) is 5.91 Å². The highest BCUT2D eigenvalue weighted by Crippen LogP contribution is 2.29. The topological polar surface area (TPSA) is 50.8 Å². The summed E-state index contributed by atoms with van der Waals surface area (Å²) in [5.74, 6) is 0.146. The van der Waals surface area contributed by atoms with Gasteiger partial charge in [0.1, 0.15) is 0 Å². The van der Waals surface area contributed by atoms with E-state index >= 15 is 0 Å². The fourth-order valence-corrected chi connectivity index (χ4v) is 2.90. The van der Waals surface area contributed by atoms with Crippen molar-refractivity contribution in [2.24, 2.45) is 0 Å². The first-order valence-corrected chi connectivity index (χ1v) is 9.00. The third-order valence-corrected chi connectivity index (χ3v) is 4.29. The highest BCUT2D eigenvalue weighted by atomic mass is 19.3. The van der Waals surface area contributed by atoms with Gasteiger partial charge in [-0.2, -0.15) is 8.78 Å². The van der Waals surface area contributed by atoms with Crippen LogP contribution in [0.2, 0.25) is 0 Å². The molecule has 1 N–H and O–H groups in total. The van der Waals surface area contributed by atoms with Gasteiger partial charge in [-0.3, -0.25) is 9.69 Å². The van der Waals surface area contributed by atoms with Crippen LogP contribution < -0.4 is 14.8 Å². The van der Waals surface area contributed by atoms with Crippen LogP contribution in [0.15, 0.2) is 42.5 Å². The number of rotatable bonds is 10. The van der Waals surface area contributed by atoms with Crippen molar-refractivity contribution in [3.05, 3.63) is 59.2 Å². The number of likely N-dealkylation sites (N-methyl/N-ethyl adjacent to an activating group) is 1. The molecule has 0 aromatic heterocycles. The number of ether oxygens (including phenoxy) is 2. The lowest BCUT2D eigenvalue weighted by atomic mass is 10.1. The molecule has 2 rings (SSSR count). The number of hydrogen-bond donors (Lipinski definition) is 1. The van der Waals surface area contributed by atoms with E-state index < -0.39 is 6.61 Å². The molecule has 0 spiro atoms. The monoisotopic (exact) mass is 392 g/mol. The van der Waals surface area contributed by atoms with E-state index in [4.69, 9.17) is 4.74 Å². The summed E-state index contributed by atoms with van der Waals surface area (Å²) in [5.41, 5.74) is 3.25. The average Bonchev–Trinajstić information content (AvgIpc) is 2.64. The van der Waals surface area contributed by atoms with E-state index in [0.717, 1.165) is 12.0 Å². The van der Waals surface area contributed by atoms with Gasteiger partial charge in [-0.15, -0.1) is 0 Å². The van der Waals surface area contributed by atoms with Crippen LogP contribution in [0, 0.1) is 6.92 Å². The molecule has 2 aromatic carbocycles. The summed E-state index contributed by atoms with van der Waals surface area (Å²) in [7, 11) is 3.21. The molecule has 0 saturated heterocycles. The molecule has 0 fully saturated rings. The summed E-state index contributed by atoms with van der Waals surface area (Å²) in [6, 6.07) is 12.8. The first kappa shape index (κ1) is 21.6. The van der Waals surface area contributed by atoms with Gasteiger partial charge < -0.3 is 14.8 Å². The van der Waals surface area contributed by atoms with Crippen LogP contribution in [-0.4, -0.2) is 44.7 Å². The molecule has 0 atom stereocenters. The SMILES string of the molecule is COc1cc(CN(C)CC(=O)NCCc2ccccc2C)ccc1OC(F)F. The number of hydrogen-bond acceptors (Lipinski definition) is 4. The average molecular weight is 392 g/mol. The van der Waals surface area contributed by atoms with Crippen molar-refractivity contribution < 1.29 is 23.0 Å². The summed E-state index contributed by atoms with van der Waals surface area (Å²) in [6.45, 7) is 0.412. The molecular weight excluding hydrogens is 366 g/mol. The predicted molar refractivity (Wildman–Crippen MR) is 104 cm³/mol. The van der Waals surface area contributed by atoms with Crippen molar-refractivity contribution in [3.63, 3.8) is 0 Å². The summed E-state index contributed by atoms with van der Waals surface area (Å²) in [5, 5.41) is 2.92. The van der Waals surface area contributed by atoms with E-state index in [1.807, 2.05) is 24.1 Å². The van der Waals surface area contributed by atoms with Gasteiger partial charge in [0.15, 0.2) is 11.5 Å². The molecule has 0 saturated carbocycles. The van der Waals surface area contributed by atoms with Gasteiger partial charge in [-0.25, -0.2) is 0 Å². The van der Waals surface area contributed by atoms with Crippen molar-refractivity contribution in [3.8, 4) is 11.5 Å². The van der Waals surface area contributed by atoms with Crippen molar-refractivity contribution >= 4 is 5.91 Å². The lowest BCUT2D eigenvalue weighted by Gasteiger charge is -2.18. The van der Waals surface area contributed by atoms with Crippen LogP contribution in [0.1, 0.15) is 16.7 Å². The third kappa shape index (κ3) is 6.81. The van der Waals surface area contributed by atoms with Gasteiger partial charge in [0, 0.05) is 13.1 Å². The number of nitrogens with one attached hydrogen (secondary N) is 1. The predicted octanol–water partition coefficient (Wildman–Crippen LogP) is 3.40. The van der Waals surface area contributed by atoms with Gasteiger partial charge in [-0.1, -0.05) is 30.3 Å². The lowest BCUT2D eigenvalue weighted by molar-refractivity contribution is -0.122. The van der Waals surface area contributed by atoms with Gasteiger partial charge in [-0.05, 0) is 49.2 Å². The minimum Gasteiger partial charge on any atom is -0.493 e. The Morgan fingerprint density at radius 2 is 1.93 bits per heavy atom. The number of halogens is 2. The van der Waals surface area contributed by atoms with Crippen LogP contribution in [0.25, 0.3) is 0 Å². The molecule has 0 heterocycles. The second-order valence-electron chi connectivity index (χ2n) is 6.56. The number of amides is 1. The Bertz CT molecular complexity index is 784. The summed E-state index contributed by atoms with van der Waals surface area (Å²) in [6.07, 6.45) is 0.783. The maximum absolute atomic E-state index is 12.4. The Kier molecular flexibility index (Phi) is 8.19. The Balaban J connectivity index is 1.81. The second kappa shape index (κ2) is 10.6. The second-order valence-corrected chi connectivity index (χ2v) is 6.56. The number of benzene rings is 2. The van der Waals surface area contributed by atoms with Gasteiger partial charge in [0.05, 0.1) is 13.7 Å². The van der Waals surface area contributed by atoms with E-state index in [1.165, 1.54) is 24.3 Å². The Morgan fingerprint density at radius 1 is 1.18 bits per heavy atom. The minimum atomic E-state index is -2.91. The van der Waals surface area contributed by atoms with E-state index in [2.05, 4.69) is 29.1 Å². The molecular formula is C21H26F2N2O3. The fraction of sp³-hybridized carbons (Fsp3) is 0.381. The van der Waals surface area contributed by atoms with Gasteiger partial charge >= 0.3 is 6.61 Å².